The van der Waals surface area contributed by atoms with Crippen molar-refractivity contribution in [2.24, 2.45) is 0 Å². The first-order valence-electron chi connectivity index (χ1n) is 16.3. The molecule has 236 valence electrons. The Morgan fingerprint density at radius 2 is 1.69 bits per heavy atom. The Morgan fingerprint density at radius 3 is 2.44 bits per heavy atom. The molecular formula is C44H39N3S. The third-order valence-corrected chi connectivity index (χ3v) is 10.7. The van der Waals surface area contributed by atoms with E-state index in [1.54, 1.807) is 6.08 Å². The van der Waals surface area contributed by atoms with Gasteiger partial charge in [-0.2, -0.15) is 0 Å². The molecule has 3 aromatic carbocycles. The maximum absolute atomic E-state index is 5.22. The molecular weight excluding hydrogens is 603 g/mol. The molecule has 4 heterocycles. The average molecular weight is 642 g/mol. The van der Waals surface area contributed by atoms with E-state index in [0.717, 1.165) is 39.2 Å². The van der Waals surface area contributed by atoms with E-state index >= 15 is 0 Å². The van der Waals surface area contributed by atoms with Gasteiger partial charge in [0, 0.05) is 37.4 Å². The van der Waals surface area contributed by atoms with E-state index in [4.69, 9.17) is 9.97 Å². The van der Waals surface area contributed by atoms with E-state index in [1.165, 1.54) is 48.0 Å². The Bertz CT molecular complexity index is 2450. The normalized spacial score (nSPS) is 14.4. The molecule has 0 amide bonds. The topological polar surface area (TPSA) is 30.7 Å². The van der Waals surface area contributed by atoms with Crippen LogP contribution in [0.25, 0.3) is 66.0 Å². The van der Waals surface area contributed by atoms with Crippen molar-refractivity contribution in [3.05, 3.63) is 156 Å². The zero-order valence-electron chi connectivity index (χ0n) is 28.3. The number of rotatable bonds is 8. The fraction of sp³-hybridized carbons (Fsp3) is 0.136. The minimum atomic E-state index is -0.239. The lowest BCUT2D eigenvalue weighted by Gasteiger charge is -2.35. The van der Waals surface area contributed by atoms with Crippen LogP contribution in [0, 0.1) is 0 Å². The predicted octanol–water partition coefficient (Wildman–Crippen LogP) is 12.4. The van der Waals surface area contributed by atoms with Gasteiger partial charge in [0.2, 0.25) is 0 Å². The Morgan fingerprint density at radius 1 is 0.896 bits per heavy atom. The van der Waals surface area contributed by atoms with Crippen LogP contribution >= 0.6 is 11.3 Å². The highest BCUT2D eigenvalue weighted by molar-refractivity contribution is 7.25. The van der Waals surface area contributed by atoms with Crippen molar-refractivity contribution < 1.29 is 0 Å². The number of aromatic nitrogens is 3. The zero-order chi connectivity index (χ0) is 33.7. The Labute approximate surface area is 287 Å². The molecule has 0 fully saturated rings. The summed E-state index contributed by atoms with van der Waals surface area (Å²) in [6.45, 7) is 23.3. The second-order valence-corrected chi connectivity index (χ2v) is 13.8. The van der Waals surface area contributed by atoms with Crippen LogP contribution < -0.4 is 0 Å². The van der Waals surface area contributed by atoms with Gasteiger partial charge in [-0.1, -0.05) is 106 Å². The van der Waals surface area contributed by atoms with Crippen LogP contribution in [0.3, 0.4) is 0 Å². The number of hydrogen-bond acceptors (Lipinski definition) is 3. The fourth-order valence-electron chi connectivity index (χ4n) is 7.01. The molecule has 1 aliphatic heterocycles. The summed E-state index contributed by atoms with van der Waals surface area (Å²) in [5.74, 6) is 0.657. The highest BCUT2D eigenvalue weighted by atomic mass is 32.1. The number of thiophene rings is 1. The van der Waals surface area contributed by atoms with E-state index in [1.807, 2.05) is 55.6 Å². The van der Waals surface area contributed by atoms with Crippen molar-refractivity contribution in [1.82, 2.24) is 14.5 Å². The van der Waals surface area contributed by atoms with E-state index in [0.29, 0.717) is 5.82 Å². The van der Waals surface area contributed by atoms with Crippen LogP contribution in [-0.4, -0.2) is 14.5 Å². The molecule has 6 aromatic rings. The van der Waals surface area contributed by atoms with Crippen molar-refractivity contribution >= 4 is 60.3 Å². The SMILES string of the molecule is C=Cc1nc(-c2ccc3c(c2)C(C)(C)c2cccc4c5c6ccccc6sc5n-3c24)nc(C(/C=C(\C)C(=C)/C=C\C=C/C)=C/C)c1C=C. The van der Waals surface area contributed by atoms with Gasteiger partial charge in [0.15, 0.2) is 5.82 Å². The summed E-state index contributed by atoms with van der Waals surface area (Å²) in [7, 11) is 0. The lowest BCUT2D eigenvalue weighted by molar-refractivity contribution is 0.630. The second kappa shape index (κ2) is 12.0. The highest BCUT2D eigenvalue weighted by Gasteiger charge is 2.36. The highest BCUT2D eigenvalue weighted by Crippen LogP contribution is 2.51. The lowest BCUT2D eigenvalue weighted by Crippen LogP contribution is -2.26. The third kappa shape index (κ3) is 4.79. The zero-order valence-corrected chi connectivity index (χ0v) is 29.1. The summed E-state index contributed by atoms with van der Waals surface area (Å²) < 4.78 is 3.80. The van der Waals surface area contributed by atoms with Gasteiger partial charge in [0.05, 0.1) is 22.6 Å². The van der Waals surface area contributed by atoms with Crippen molar-refractivity contribution in [1.29, 1.82) is 0 Å². The average Bonchev–Trinajstić information content (AvgIpc) is 3.64. The van der Waals surface area contributed by atoms with Crippen molar-refractivity contribution in [2.75, 3.05) is 0 Å². The molecule has 0 saturated carbocycles. The van der Waals surface area contributed by atoms with Gasteiger partial charge in [-0.25, -0.2) is 9.97 Å². The first-order chi connectivity index (χ1) is 23.2. The number of allylic oxidation sites excluding steroid dienone is 9. The molecule has 3 nitrogen and oxygen atoms in total. The molecule has 0 radical (unpaired) electrons. The maximum atomic E-state index is 5.22. The first-order valence-corrected chi connectivity index (χ1v) is 17.2. The minimum Gasteiger partial charge on any atom is -0.300 e. The lowest BCUT2D eigenvalue weighted by atomic mass is 9.74. The van der Waals surface area contributed by atoms with Gasteiger partial charge in [0.25, 0.3) is 0 Å². The molecule has 3 aromatic heterocycles. The third-order valence-electron chi connectivity index (χ3n) is 9.59. The number of benzene rings is 3. The van der Waals surface area contributed by atoms with Gasteiger partial charge in [-0.15, -0.1) is 11.3 Å². The molecule has 0 unspecified atom stereocenters. The molecule has 0 N–H and O–H groups in total. The van der Waals surface area contributed by atoms with Crippen molar-refractivity contribution in [3.63, 3.8) is 0 Å². The molecule has 0 saturated heterocycles. The quantitative estimate of drug-likeness (QED) is 0.155. The number of para-hydroxylation sites is 1. The summed E-state index contributed by atoms with van der Waals surface area (Å²) in [5, 5.41) is 3.97. The second-order valence-electron chi connectivity index (χ2n) is 12.8. The largest absolute Gasteiger partial charge is 0.300 e. The molecule has 0 spiro atoms. The van der Waals surface area contributed by atoms with Crippen LogP contribution in [0.4, 0.5) is 0 Å². The smallest absolute Gasteiger partial charge is 0.160 e. The van der Waals surface area contributed by atoms with Crippen LogP contribution in [0.2, 0.25) is 0 Å². The Hall–Kier alpha value is -5.32. The van der Waals surface area contributed by atoms with E-state index in [-0.39, 0.29) is 5.41 Å². The molecule has 1 aliphatic rings. The minimum absolute atomic E-state index is 0.239. The van der Waals surface area contributed by atoms with Gasteiger partial charge in [0.1, 0.15) is 4.83 Å². The summed E-state index contributed by atoms with van der Waals surface area (Å²) in [5.41, 5.74) is 11.2. The molecule has 48 heavy (non-hydrogen) atoms. The first kappa shape index (κ1) is 31.3. The maximum Gasteiger partial charge on any atom is 0.160 e. The van der Waals surface area contributed by atoms with Gasteiger partial charge < -0.3 is 4.57 Å². The van der Waals surface area contributed by atoms with Gasteiger partial charge in [-0.05, 0) is 85.0 Å². The predicted molar refractivity (Wildman–Crippen MR) is 210 cm³/mol. The summed E-state index contributed by atoms with van der Waals surface area (Å²) in [6.07, 6.45) is 15.9. The van der Waals surface area contributed by atoms with Crippen LogP contribution in [0.1, 0.15) is 62.7 Å². The number of hydrogen-bond donors (Lipinski definition) is 0. The van der Waals surface area contributed by atoms with Gasteiger partial charge >= 0.3 is 0 Å². The molecule has 0 aliphatic carbocycles. The van der Waals surface area contributed by atoms with Gasteiger partial charge in [-0.3, -0.25) is 0 Å². The monoisotopic (exact) mass is 641 g/mol. The summed E-state index contributed by atoms with van der Waals surface area (Å²) >= 11 is 1.87. The van der Waals surface area contributed by atoms with Crippen molar-refractivity contribution in [2.45, 2.75) is 40.0 Å². The number of fused-ring (bicyclic) bond motifs is 7. The standard InChI is InChI=1S/C44H39N3S/c1-9-13-14-18-27(5)28(6)25-29(10-2)40-31(11-3)36(12-4)45-42(46-40)30-23-24-37-35(26-30)44(7,8)34-21-17-20-33-39-32-19-15-16-22-38(32)48-43(39)47(37)41(33)34/h9-26H,3-5H2,1-2,6-8H3/b13-9-,18-14-,28-25+,29-10+. The molecule has 0 bridgehead atoms. The van der Waals surface area contributed by atoms with Crippen LogP contribution in [0.15, 0.2) is 128 Å². The summed E-state index contributed by atoms with van der Waals surface area (Å²) in [6, 6.07) is 22.2. The summed E-state index contributed by atoms with van der Waals surface area (Å²) in [4.78, 5) is 11.5. The van der Waals surface area contributed by atoms with Crippen LogP contribution in [-0.2, 0) is 5.41 Å². The van der Waals surface area contributed by atoms with E-state index in [2.05, 4.69) is 118 Å². The molecule has 4 heteroatoms. The molecule has 7 rings (SSSR count). The van der Waals surface area contributed by atoms with E-state index in [9.17, 15) is 0 Å². The Balaban J connectivity index is 1.42. The van der Waals surface area contributed by atoms with E-state index < -0.39 is 0 Å². The van der Waals surface area contributed by atoms with Crippen molar-refractivity contribution in [3.8, 4) is 17.1 Å². The molecule has 0 atom stereocenters. The number of nitrogens with zero attached hydrogens (tertiary/aromatic N) is 3. The van der Waals surface area contributed by atoms with Crippen LogP contribution in [0.5, 0.6) is 0 Å². The fourth-order valence-corrected chi connectivity index (χ4v) is 8.25. The Kier molecular flexibility index (Phi) is 7.85.